The molecule has 2 heterocycles. The van der Waals surface area contributed by atoms with E-state index in [0.717, 1.165) is 17.6 Å². The maximum atomic E-state index is 4.83. The van der Waals surface area contributed by atoms with Crippen molar-refractivity contribution in [2.24, 2.45) is 0 Å². The SMILES string of the molecule is Cc1nc2ccccc2cc1Cc1c(-c2ccccc2)[nH]c2ccccc12. The minimum atomic E-state index is 0.859. The van der Waals surface area contributed by atoms with Crippen molar-refractivity contribution >= 4 is 21.8 Å². The molecule has 0 amide bonds. The molecule has 0 bridgehead atoms. The number of H-pyrrole nitrogens is 1. The number of aromatic amines is 1. The minimum Gasteiger partial charge on any atom is -0.354 e. The van der Waals surface area contributed by atoms with Gasteiger partial charge in [0.25, 0.3) is 0 Å². The predicted octanol–water partition coefficient (Wildman–Crippen LogP) is 6.28. The zero-order valence-corrected chi connectivity index (χ0v) is 15.2. The third-order valence-corrected chi connectivity index (χ3v) is 5.26. The second-order valence-corrected chi connectivity index (χ2v) is 6.99. The number of nitrogens with one attached hydrogen (secondary N) is 1. The average molecular weight is 348 g/mol. The number of benzene rings is 3. The molecule has 0 atom stereocenters. The molecule has 2 heteroatoms. The van der Waals surface area contributed by atoms with Gasteiger partial charge in [-0.05, 0) is 41.8 Å². The van der Waals surface area contributed by atoms with Crippen LogP contribution in [0, 0.1) is 6.92 Å². The molecule has 0 unspecified atom stereocenters. The molecule has 2 nitrogen and oxygen atoms in total. The standard InChI is InChI=1S/C25H20N2/c1-17-20(15-19-11-5-7-13-23(19)26-17)16-22-21-12-6-8-14-24(21)27-25(22)18-9-3-2-4-10-18/h2-15,27H,16H2,1H3. The summed E-state index contributed by atoms with van der Waals surface area (Å²) in [5.74, 6) is 0. The molecule has 1 N–H and O–H groups in total. The molecule has 0 saturated heterocycles. The van der Waals surface area contributed by atoms with Gasteiger partial charge in [-0.1, -0.05) is 66.7 Å². The van der Waals surface area contributed by atoms with Crippen LogP contribution in [0.15, 0.2) is 84.9 Å². The Morgan fingerprint density at radius 2 is 1.56 bits per heavy atom. The number of aromatic nitrogens is 2. The Balaban J connectivity index is 1.70. The minimum absolute atomic E-state index is 0.859. The summed E-state index contributed by atoms with van der Waals surface area (Å²) in [5.41, 5.74) is 8.35. The lowest BCUT2D eigenvalue weighted by atomic mass is 9.97. The summed E-state index contributed by atoms with van der Waals surface area (Å²) in [7, 11) is 0. The molecule has 5 rings (SSSR count). The number of rotatable bonds is 3. The van der Waals surface area contributed by atoms with Crippen LogP contribution in [0.25, 0.3) is 33.1 Å². The van der Waals surface area contributed by atoms with Crippen molar-refractivity contribution in [3.63, 3.8) is 0 Å². The predicted molar refractivity (Wildman–Crippen MR) is 113 cm³/mol. The molecule has 130 valence electrons. The highest BCUT2D eigenvalue weighted by Gasteiger charge is 2.15. The molecule has 5 aromatic rings. The highest BCUT2D eigenvalue weighted by atomic mass is 14.7. The van der Waals surface area contributed by atoms with Crippen molar-refractivity contribution in [1.82, 2.24) is 9.97 Å². The lowest BCUT2D eigenvalue weighted by Gasteiger charge is -2.10. The maximum Gasteiger partial charge on any atom is 0.0705 e. The number of nitrogens with zero attached hydrogens (tertiary/aromatic N) is 1. The topological polar surface area (TPSA) is 28.7 Å². The molecular formula is C25H20N2. The Hall–Kier alpha value is -3.39. The number of hydrogen-bond acceptors (Lipinski definition) is 1. The van der Waals surface area contributed by atoms with Crippen LogP contribution >= 0.6 is 0 Å². The number of para-hydroxylation sites is 2. The van der Waals surface area contributed by atoms with Gasteiger partial charge in [-0.25, -0.2) is 0 Å². The second-order valence-electron chi connectivity index (χ2n) is 6.99. The first-order valence-corrected chi connectivity index (χ1v) is 9.30. The van der Waals surface area contributed by atoms with Crippen LogP contribution < -0.4 is 0 Å². The molecule has 0 aliphatic carbocycles. The zero-order valence-electron chi connectivity index (χ0n) is 15.2. The van der Waals surface area contributed by atoms with E-state index in [1.54, 1.807) is 0 Å². The molecule has 0 spiro atoms. The van der Waals surface area contributed by atoms with Crippen molar-refractivity contribution in [2.45, 2.75) is 13.3 Å². The fraction of sp³-hybridized carbons (Fsp3) is 0.0800. The van der Waals surface area contributed by atoms with Gasteiger partial charge in [0.05, 0.1) is 11.2 Å². The first-order chi connectivity index (χ1) is 13.3. The van der Waals surface area contributed by atoms with Gasteiger partial charge in [0, 0.05) is 28.4 Å². The van der Waals surface area contributed by atoms with Crippen molar-refractivity contribution in [3.05, 3.63) is 102 Å². The van der Waals surface area contributed by atoms with Gasteiger partial charge in [-0.15, -0.1) is 0 Å². The highest BCUT2D eigenvalue weighted by molar-refractivity contribution is 5.91. The summed E-state index contributed by atoms with van der Waals surface area (Å²) in [6, 6.07) is 29.7. The normalized spacial score (nSPS) is 11.3. The van der Waals surface area contributed by atoms with Gasteiger partial charge < -0.3 is 4.98 Å². The van der Waals surface area contributed by atoms with Gasteiger partial charge in [0.15, 0.2) is 0 Å². The van der Waals surface area contributed by atoms with E-state index in [0.29, 0.717) is 0 Å². The Morgan fingerprint density at radius 3 is 2.44 bits per heavy atom. The summed E-state index contributed by atoms with van der Waals surface area (Å²) >= 11 is 0. The largest absolute Gasteiger partial charge is 0.354 e. The Labute approximate surface area is 158 Å². The Bertz CT molecular complexity index is 1250. The molecular weight excluding hydrogens is 328 g/mol. The van der Waals surface area contributed by atoms with Crippen LogP contribution in [0.3, 0.4) is 0 Å². The fourth-order valence-electron chi connectivity index (χ4n) is 3.86. The van der Waals surface area contributed by atoms with Crippen LogP contribution in [-0.4, -0.2) is 9.97 Å². The smallest absolute Gasteiger partial charge is 0.0705 e. The van der Waals surface area contributed by atoms with Crippen molar-refractivity contribution in [2.75, 3.05) is 0 Å². The third kappa shape index (κ3) is 2.80. The third-order valence-electron chi connectivity index (χ3n) is 5.26. The average Bonchev–Trinajstić information content (AvgIpc) is 3.08. The van der Waals surface area contributed by atoms with E-state index in [9.17, 15) is 0 Å². The molecule has 2 aromatic heterocycles. The number of fused-ring (bicyclic) bond motifs is 2. The highest BCUT2D eigenvalue weighted by Crippen LogP contribution is 2.33. The summed E-state index contributed by atoms with van der Waals surface area (Å²) in [6.45, 7) is 2.11. The summed E-state index contributed by atoms with van der Waals surface area (Å²) in [6.07, 6.45) is 0.859. The number of pyridine rings is 1. The molecule has 3 aromatic carbocycles. The van der Waals surface area contributed by atoms with Gasteiger partial charge in [-0.2, -0.15) is 0 Å². The first kappa shape index (κ1) is 15.8. The lowest BCUT2D eigenvalue weighted by Crippen LogP contribution is -1.97. The van der Waals surface area contributed by atoms with E-state index >= 15 is 0 Å². The number of hydrogen-bond donors (Lipinski definition) is 1. The van der Waals surface area contributed by atoms with Crippen LogP contribution in [0.4, 0.5) is 0 Å². The van der Waals surface area contributed by atoms with Gasteiger partial charge in [-0.3, -0.25) is 4.98 Å². The molecule has 0 aliphatic rings. The lowest BCUT2D eigenvalue weighted by molar-refractivity contribution is 1.11. The summed E-state index contributed by atoms with van der Waals surface area (Å²) < 4.78 is 0. The van der Waals surface area contributed by atoms with Crippen LogP contribution in [-0.2, 0) is 6.42 Å². The molecule has 0 radical (unpaired) electrons. The van der Waals surface area contributed by atoms with Gasteiger partial charge >= 0.3 is 0 Å². The fourth-order valence-corrected chi connectivity index (χ4v) is 3.86. The van der Waals surface area contributed by atoms with E-state index in [2.05, 4.69) is 90.8 Å². The maximum absolute atomic E-state index is 4.83. The quantitative estimate of drug-likeness (QED) is 0.408. The Kier molecular flexibility index (Phi) is 3.75. The molecule has 27 heavy (non-hydrogen) atoms. The van der Waals surface area contributed by atoms with Gasteiger partial charge in [0.1, 0.15) is 0 Å². The van der Waals surface area contributed by atoms with Crippen molar-refractivity contribution in [3.8, 4) is 11.3 Å². The van der Waals surface area contributed by atoms with Crippen molar-refractivity contribution in [1.29, 1.82) is 0 Å². The van der Waals surface area contributed by atoms with Crippen LogP contribution in [0.5, 0.6) is 0 Å². The first-order valence-electron chi connectivity index (χ1n) is 9.30. The number of aryl methyl sites for hydroxylation is 1. The van der Waals surface area contributed by atoms with Gasteiger partial charge in [0.2, 0.25) is 0 Å². The van der Waals surface area contributed by atoms with Crippen LogP contribution in [0.1, 0.15) is 16.8 Å². The van der Waals surface area contributed by atoms with E-state index in [1.165, 1.54) is 38.7 Å². The summed E-state index contributed by atoms with van der Waals surface area (Å²) in [5, 5.41) is 2.48. The van der Waals surface area contributed by atoms with E-state index in [1.807, 2.05) is 6.07 Å². The van der Waals surface area contributed by atoms with Crippen LogP contribution in [0.2, 0.25) is 0 Å². The molecule has 0 fully saturated rings. The molecule has 0 saturated carbocycles. The van der Waals surface area contributed by atoms with E-state index < -0.39 is 0 Å². The van der Waals surface area contributed by atoms with Crippen molar-refractivity contribution < 1.29 is 0 Å². The Morgan fingerprint density at radius 1 is 0.815 bits per heavy atom. The molecule has 0 aliphatic heterocycles. The second kappa shape index (κ2) is 6.40. The van der Waals surface area contributed by atoms with E-state index in [-0.39, 0.29) is 0 Å². The van der Waals surface area contributed by atoms with E-state index in [4.69, 9.17) is 4.98 Å². The summed E-state index contributed by atoms with van der Waals surface area (Å²) in [4.78, 5) is 8.47. The monoisotopic (exact) mass is 348 g/mol. The zero-order chi connectivity index (χ0) is 18.2.